The van der Waals surface area contributed by atoms with Crippen molar-refractivity contribution >= 4 is 11.7 Å². The van der Waals surface area contributed by atoms with Crippen molar-refractivity contribution in [2.75, 3.05) is 12.4 Å². The van der Waals surface area contributed by atoms with Gasteiger partial charge in [0.25, 0.3) is 0 Å². The van der Waals surface area contributed by atoms with Crippen molar-refractivity contribution in [3.63, 3.8) is 0 Å². The highest BCUT2D eigenvalue weighted by molar-refractivity contribution is 5.97. The molecular weight excluding hydrogens is 305 g/mol. The fourth-order valence-electron chi connectivity index (χ4n) is 3.94. The molecule has 1 heterocycles. The molecule has 3 nitrogen and oxygen atoms in total. The van der Waals surface area contributed by atoms with Gasteiger partial charge in [-0.05, 0) is 30.0 Å². The van der Waals surface area contributed by atoms with Crippen LogP contribution in [0.25, 0.3) is 0 Å². The van der Waals surface area contributed by atoms with E-state index < -0.39 is 0 Å². The van der Waals surface area contributed by atoms with Gasteiger partial charge in [-0.2, -0.15) is 0 Å². The number of benzene rings is 2. The topological polar surface area (TPSA) is 38.3 Å². The molecule has 4 rings (SSSR count). The minimum atomic E-state index is -0.382. The van der Waals surface area contributed by atoms with Crippen LogP contribution in [0.15, 0.2) is 54.6 Å². The molecular formula is C20H18FNO2. The first-order valence-electron chi connectivity index (χ1n) is 8.09. The molecule has 1 N–H and O–H groups in total. The van der Waals surface area contributed by atoms with Crippen LogP contribution in [0.2, 0.25) is 0 Å². The highest BCUT2D eigenvalue weighted by atomic mass is 19.1. The summed E-state index contributed by atoms with van der Waals surface area (Å²) in [7, 11) is 1.37. The van der Waals surface area contributed by atoms with Crippen molar-refractivity contribution in [2.24, 2.45) is 5.92 Å². The van der Waals surface area contributed by atoms with E-state index in [-0.39, 0.29) is 29.7 Å². The number of carbonyl (C=O) groups is 1. The minimum absolute atomic E-state index is 0.176. The quantitative estimate of drug-likeness (QED) is 0.656. The highest BCUT2D eigenvalue weighted by Crippen LogP contribution is 2.50. The van der Waals surface area contributed by atoms with Crippen molar-refractivity contribution in [3.05, 3.63) is 77.1 Å². The number of allylic oxidation sites excluding steroid dienone is 2. The molecule has 1 aliphatic carbocycles. The van der Waals surface area contributed by atoms with Gasteiger partial charge < -0.3 is 10.1 Å². The van der Waals surface area contributed by atoms with Crippen molar-refractivity contribution in [3.8, 4) is 0 Å². The van der Waals surface area contributed by atoms with E-state index in [2.05, 4.69) is 17.5 Å². The maximum Gasteiger partial charge on any atom is 0.339 e. The first-order chi connectivity index (χ1) is 11.7. The van der Waals surface area contributed by atoms with Gasteiger partial charge in [-0.15, -0.1) is 0 Å². The van der Waals surface area contributed by atoms with Gasteiger partial charge in [0.1, 0.15) is 5.82 Å². The van der Waals surface area contributed by atoms with Crippen molar-refractivity contribution in [2.45, 2.75) is 18.4 Å². The lowest BCUT2D eigenvalue weighted by molar-refractivity contribution is 0.0601. The van der Waals surface area contributed by atoms with Crippen LogP contribution < -0.4 is 5.32 Å². The van der Waals surface area contributed by atoms with Gasteiger partial charge in [0.2, 0.25) is 0 Å². The largest absolute Gasteiger partial charge is 0.465 e. The molecule has 2 aliphatic rings. The zero-order chi connectivity index (χ0) is 16.7. The predicted octanol–water partition coefficient (Wildman–Crippen LogP) is 4.44. The second-order valence-electron chi connectivity index (χ2n) is 6.26. The van der Waals surface area contributed by atoms with Crippen LogP contribution in [0.1, 0.15) is 39.9 Å². The maximum absolute atomic E-state index is 14.4. The van der Waals surface area contributed by atoms with Crippen LogP contribution in [0, 0.1) is 11.7 Å². The van der Waals surface area contributed by atoms with Gasteiger partial charge >= 0.3 is 5.97 Å². The zero-order valence-corrected chi connectivity index (χ0v) is 13.3. The van der Waals surface area contributed by atoms with Gasteiger partial charge in [-0.1, -0.05) is 42.5 Å². The summed E-state index contributed by atoms with van der Waals surface area (Å²) in [5.74, 6) is -0.190. The number of rotatable bonds is 2. The van der Waals surface area contributed by atoms with Gasteiger partial charge in [-0.25, -0.2) is 9.18 Å². The average molecular weight is 323 g/mol. The Balaban J connectivity index is 1.85. The van der Waals surface area contributed by atoms with Gasteiger partial charge in [0.05, 0.1) is 24.4 Å². The highest BCUT2D eigenvalue weighted by Gasteiger charge is 2.40. The number of hydrogen-bond acceptors (Lipinski definition) is 3. The average Bonchev–Trinajstić information content (AvgIpc) is 3.10. The Morgan fingerprint density at radius 1 is 1.17 bits per heavy atom. The number of fused-ring (bicyclic) bond motifs is 3. The molecule has 3 atom stereocenters. The third-order valence-electron chi connectivity index (χ3n) is 5.04. The molecule has 2 aromatic rings. The van der Waals surface area contributed by atoms with Crippen molar-refractivity contribution in [1.29, 1.82) is 0 Å². The number of para-hydroxylation sites is 1. The lowest BCUT2D eigenvalue weighted by Crippen LogP contribution is -2.31. The van der Waals surface area contributed by atoms with Crippen LogP contribution in [0.4, 0.5) is 10.1 Å². The summed E-state index contributed by atoms with van der Waals surface area (Å²) in [5.41, 5.74) is 2.96. The second kappa shape index (κ2) is 5.78. The molecule has 2 aromatic carbocycles. The van der Waals surface area contributed by atoms with Gasteiger partial charge in [0.15, 0.2) is 0 Å². The van der Waals surface area contributed by atoms with E-state index in [4.69, 9.17) is 4.74 Å². The van der Waals surface area contributed by atoms with E-state index in [1.807, 2.05) is 24.3 Å². The molecule has 0 unspecified atom stereocenters. The number of ether oxygens (including phenoxy) is 1. The first-order valence-corrected chi connectivity index (χ1v) is 8.09. The number of nitrogens with one attached hydrogen (secondary N) is 1. The molecule has 0 saturated carbocycles. The van der Waals surface area contributed by atoms with Gasteiger partial charge in [0, 0.05) is 11.5 Å². The van der Waals surface area contributed by atoms with E-state index >= 15 is 0 Å². The summed E-state index contributed by atoms with van der Waals surface area (Å²) in [6.45, 7) is 0. The Morgan fingerprint density at radius 2 is 1.96 bits per heavy atom. The smallest absolute Gasteiger partial charge is 0.339 e. The van der Waals surface area contributed by atoms with Crippen molar-refractivity contribution in [1.82, 2.24) is 0 Å². The summed E-state index contributed by atoms with van der Waals surface area (Å²) >= 11 is 0. The molecule has 0 amide bonds. The molecule has 24 heavy (non-hydrogen) atoms. The van der Waals surface area contributed by atoms with E-state index in [0.29, 0.717) is 11.1 Å². The van der Waals surface area contributed by atoms with E-state index in [1.165, 1.54) is 13.2 Å². The van der Waals surface area contributed by atoms with Crippen molar-refractivity contribution < 1.29 is 13.9 Å². The Labute approximate surface area is 140 Å². The number of carbonyl (C=O) groups excluding carboxylic acids is 1. The number of methoxy groups -OCH3 is 1. The zero-order valence-electron chi connectivity index (χ0n) is 13.3. The summed E-state index contributed by atoms with van der Waals surface area (Å²) in [4.78, 5) is 12.1. The molecule has 0 spiro atoms. The van der Waals surface area contributed by atoms with E-state index in [1.54, 1.807) is 12.1 Å². The van der Waals surface area contributed by atoms with Crippen LogP contribution in [0.3, 0.4) is 0 Å². The summed E-state index contributed by atoms with van der Waals surface area (Å²) in [5, 5.41) is 3.43. The number of halogens is 1. The van der Waals surface area contributed by atoms with Crippen LogP contribution in [-0.2, 0) is 4.74 Å². The lowest BCUT2D eigenvalue weighted by atomic mass is 9.76. The van der Waals surface area contributed by atoms with E-state index in [9.17, 15) is 9.18 Å². The number of hydrogen-bond donors (Lipinski definition) is 1. The summed E-state index contributed by atoms with van der Waals surface area (Å²) in [6.07, 6.45) is 5.20. The number of anilines is 1. The molecule has 0 saturated heterocycles. The second-order valence-corrected chi connectivity index (χ2v) is 6.26. The third kappa shape index (κ3) is 2.21. The molecule has 0 radical (unpaired) electrons. The van der Waals surface area contributed by atoms with Crippen LogP contribution in [-0.4, -0.2) is 13.1 Å². The Hall–Kier alpha value is -2.62. The normalized spacial score (nSPS) is 24.0. The standard InChI is InChI=1S/C20H18FNO2/c1-24-20(23)16-10-5-9-14-12-7-4-8-13(12)18(22-19(14)16)15-6-2-3-11-17(15)21/h2-7,9-13,18,22H,8H2,1H3/t12-,13+,18+/m1/s1. The third-order valence-corrected chi connectivity index (χ3v) is 5.04. The Kier molecular flexibility index (Phi) is 3.60. The maximum atomic E-state index is 14.4. The predicted molar refractivity (Wildman–Crippen MR) is 90.5 cm³/mol. The summed E-state index contributed by atoms with van der Waals surface area (Å²) in [6, 6.07) is 12.3. The molecule has 122 valence electrons. The summed E-state index contributed by atoms with van der Waals surface area (Å²) < 4.78 is 19.3. The van der Waals surface area contributed by atoms with E-state index in [0.717, 1.165) is 17.7 Å². The molecule has 0 fully saturated rings. The van der Waals surface area contributed by atoms with Crippen LogP contribution in [0.5, 0.6) is 0 Å². The molecule has 4 heteroatoms. The first kappa shape index (κ1) is 14.9. The monoisotopic (exact) mass is 323 g/mol. The Morgan fingerprint density at radius 3 is 2.75 bits per heavy atom. The fraction of sp³-hybridized carbons (Fsp3) is 0.250. The molecule has 0 aromatic heterocycles. The molecule has 0 bridgehead atoms. The minimum Gasteiger partial charge on any atom is -0.465 e. The number of esters is 1. The fourth-order valence-corrected chi connectivity index (χ4v) is 3.94. The van der Waals surface area contributed by atoms with Crippen LogP contribution >= 0.6 is 0 Å². The molecule has 1 aliphatic heterocycles. The lowest BCUT2D eigenvalue weighted by Gasteiger charge is -2.38. The Bertz CT molecular complexity index is 830. The van der Waals surface area contributed by atoms with Gasteiger partial charge in [-0.3, -0.25) is 0 Å². The SMILES string of the molecule is COC(=O)c1cccc2c1N[C@H](c1ccccc1F)[C@H]1CC=C[C@@H]21.